The average molecular weight is 262 g/mol. The van der Waals surface area contributed by atoms with Crippen LogP contribution < -0.4 is 11.1 Å². The highest BCUT2D eigenvalue weighted by molar-refractivity contribution is 5.83. The summed E-state index contributed by atoms with van der Waals surface area (Å²) in [6.07, 6.45) is 0. The molecule has 0 radical (unpaired) electrons. The van der Waals surface area contributed by atoms with Crippen LogP contribution in [-0.2, 0) is 0 Å². The van der Waals surface area contributed by atoms with Crippen molar-refractivity contribution in [2.24, 2.45) is 5.73 Å². The van der Waals surface area contributed by atoms with E-state index in [9.17, 15) is 0 Å². The molecule has 0 aliphatic heterocycles. The standard InChI is InChI=1S/C18H18N2/c19-13-18(20-17-8-2-1-3-9-17)16-11-10-14-6-4-5-7-15(14)12-16/h1-12,18,20H,13,19H2. The first-order valence-corrected chi connectivity index (χ1v) is 6.87. The summed E-state index contributed by atoms with van der Waals surface area (Å²) in [6.45, 7) is 0.563. The Morgan fingerprint density at radius 2 is 1.50 bits per heavy atom. The van der Waals surface area contributed by atoms with Gasteiger partial charge in [-0.2, -0.15) is 0 Å². The molecular weight excluding hydrogens is 244 g/mol. The van der Waals surface area contributed by atoms with Crippen molar-refractivity contribution in [3.8, 4) is 0 Å². The van der Waals surface area contributed by atoms with E-state index in [-0.39, 0.29) is 6.04 Å². The van der Waals surface area contributed by atoms with Crippen molar-refractivity contribution in [2.45, 2.75) is 6.04 Å². The number of benzene rings is 3. The molecule has 1 unspecified atom stereocenters. The van der Waals surface area contributed by atoms with Gasteiger partial charge in [0.1, 0.15) is 0 Å². The summed E-state index contributed by atoms with van der Waals surface area (Å²) < 4.78 is 0. The van der Waals surface area contributed by atoms with Gasteiger partial charge in [0.2, 0.25) is 0 Å². The van der Waals surface area contributed by atoms with Gasteiger partial charge in [0.25, 0.3) is 0 Å². The van der Waals surface area contributed by atoms with E-state index in [0.29, 0.717) is 6.54 Å². The first-order chi connectivity index (χ1) is 9.86. The number of para-hydroxylation sites is 1. The number of fused-ring (bicyclic) bond motifs is 1. The lowest BCUT2D eigenvalue weighted by atomic mass is 10.0. The summed E-state index contributed by atoms with van der Waals surface area (Å²) in [5.41, 5.74) is 8.25. The number of hydrogen-bond donors (Lipinski definition) is 2. The molecule has 0 aromatic heterocycles. The fourth-order valence-corrected chi connectivity index (χ4v) is 2.44. The van der Waals surface area contributed by atoms with Gasteiger partial charge in [-0.15, -0.1) is 0 Å². The third-order valence-electron chi connectivity index (χ3n) is 3.53. The third kappa shape index (κ3) is 2.65. The summed E-state index contributed by atoms with van der Waals surface area (Å²) in [7, 11) is 0. The van der Waals surface area contributed by atoms with E-state index >= 15 is 0 Å². The van der Waals surface area contributed by atoms with Crippen LogP contribution in [0.2, 0.25) is 0 Å². The second-order valence-corrected chi connectivity index (χ2v) is 4.91. The molecule has 0 aliphatic carbocycles. The molecule has 0 saturated carbocycles. The summed E-state index contributed by atoms with van der Waals surface area (Å²) >= 11 is 0. The maximum Gasteiger partial charge on any atom is 0.0636 e. The molecule has 0 aliphatic rings. The Labute approximate surface area is 119 Å². The maximum atomic E-state index is 5.93. The third-order valence-corrected chi connectivity index (χ3v) is 3.53. The molecule has 100 valence electrons. The minimum atomic E-state index is 0.127. The van der Waals surface area contributed by atoms with Gasteiger partial charge in [-0.1, -0.05) is 54.6 Å². The van der Waals surface area contributed by atoms with Gasteiger partial charge >= 0.3 is 0 Å². The summed E-state index contributed by atoms with van der Waals surface area (Å²) in [5.74, 6) is 0. The average Bonchev–Trinajstić information content (AvgIpc) is 2.53. The predicted octanol–water partition coefficient (Wildman–Crippen LogP) is 3.95. The smallest absolute Gasteiger partial charge is 0.0636 e. The van der Waals surface area contributed by atoms with Crippen LogP contribution >= 0.6 is 0 Å². The fourth-order valence-electron chi connectivity index (χ4n) is 2.44. The lowest BCUT2D eigenvalue weighted by Gasteiger charge is -2.19. The minimum absolute atomic E-state index is 0.127. The van der Waals surface area contributed by atoms with E-state index in [1.54, 1.807) is 0 Å². The van der Waals surface area contributed by atoms with Crippen molar-refractivity contribution in [1.29, 1.82) is 0 Å². The monoisotopic (exact) mass is 262 g/mol. The first kappa shape index (κ1) is 12.7. The van der Waals surface area contributed by atoms with Gasteiger partial charge < -0.3 is 11.1 Å². The van der Waals surface area contributed by atoms with E-state index in [1.165, 1.54) is 16.3 Å². The molecule has 0 fully saturated rings. The second-order valence-electron chi connectivity index (χ2n) is 4.91. The molecule has 1 atom stereocenters. The van der Waals surface area contributed by atoms with Crippen molar-refractivity contribution in [3.05, 3.63) is 78.4 Å². The van der Waals surface area contributed by atoms with Crippen LogP contribution in [0.4, 0.5) is 5.69 Å². The molecule has 3 rings (SSSR count). The van der Waals surface area contributed by atoms with E-state index in [4.69, 9.17) is 5.73 Å². The summed E-state index contributed by atoms with van der Waals surface area (Å²) in [4.78, 5) is 0. The van der Waals surface area contributed by atoms with E-state index < -0.39 is 0 Å². The van der Waals surface area contributed by atoms with E-state index in [0.717, 1.165) is 5.69 Å². The Bertz CT molecular complexity index is 692. The van der Waals surface area contributed by atoms with Gasteiger partial charge in [0.05, 0.1) is 6.04 Å². The second kappa shape index (κ2) is 5.76. The fraction of sp³-hybridized carbons (Fsp3) is 0.111. The zero-order valence-corrected chi connectivity index (χ0v) is 11.3. The molecule has 0 heterocycles. The Morgan fingerprint density at radius 1 is 0.800 bits per heavy atom. The summed E-state index contributed by atoms with van der Waals surface area (Å²) in [6, 6.07) is 25.2. The molecule has 2 heteroatoms. The van der Waals surface area contributed by atoms with Crippen molar-refractivity contribution >= 4 is 16.5 Å². The zero-order valence-electron chi connectivity index (χ0n) is 11.3. The van der Waals surface area contributed by atoms with Gasteiger partial charge in [0, 0.05) is 12.2 Å². The molecule has 3 aromatic rings. The van der Waals surface area contributed by atoms with Crippen LogP contribution in [0.5, 0.6) is 0 Å². The quantitative estimate of drug-likeness (QED) is 0.747. The van der Waals surface area contributed by atoms with Crippen LogP contribution in [0.3, 0.4) is 0 Å². The molecule has 0 spiro atoms. The highest BCUT2D eigenvalue weighted by atomic mass is 14.9. The predicted molar refractivity (Wildman–Crippen MR) is 85.8 cm³/mol. The van der Waals surface area contributed by atoms with Crippen LogP contribution in [0.1, 0.15) is 11.6 Å². The van der Waals surface area contributed by atoms with Gasteiger partial charge in [0.15, 0.2) is 0 Å². The molecule has 0 bridgehead atoms. The highest BCUT2D eigenvalue weighted by Crippen LogP contribution is 2.23. The summed E-state index contributed by atoms with van der Waals surface area (Å²) in [5, 5.41) is 5.99. The Kier molecular flexibility index (Phi) is 3.66. The lowest BCUT2D eigenvalue weighted by Crippen LogP contribution is -2.20. The van der Waals surface area contributed by atoms with Crippen LogP contribution in [0.25, 0.3) is 10.8 Å². The molecule has 0 amide bonds. The molecule has 2 nitrogen and oxygen atoms in total. The minimum Gasteiger partial charge on any atom is -0.377 e. The number of rotatable bonds is 4. The van der Waals surface area contributed by atoms with Gasteiger partial charge in [-0.3, -0.25) is 0 Å². The topological polar surface area (TPSA) is 38.0 Å². The number of nitrogens with two attached hydrogens (primary N) is 1. The van der Waals surface area contributed by atoms with Crippen molar-refractivity contribution in [3.63, 3.8) is 0 Å². The lowest BCUT2D eigenvalue weighted by molar-refractivity contribution is 0.791. The molecule has 3 N–H and O–H groups in total. The molecule has 0 saturated heterocycles. The van der Waals surface area contributed by atoms with Gasteiger partial charge in [-0.25, -0.2) is 0 Å². The van der Waals surface area contributed by atoms with Crippen molar-refractivity contribution in [2.75, 3.05) is 11.9 Å². The van der Waals surface area contributed by atoms with Crippen LogP contribution in [0, 0.1) is 0 Å². The van der Waals surface area contributed by atoms with Gasteiger partial charge in [-0.05, 0) is 34.5 Å². The zero-order chi connectivity index (χ0) is 13.8. The van der Waals surface area contributed by atoms with Crippen molar-refractivity contribution in [1.82, 2.24) is 0 Å². The first-order valence-electron chi connectivity index (χ1n) is 6.87. The highest BCUT2D eigenvalue weighted by Gasteiger charge is 2.09. The van der Waals surface area contributed by atoms with Crippen LogP contribution in [-0.4, -0.2) is 6.54 Å². The Balaban J connectivity index is 1.91. The van der Waals surface area contributed by atoms with Crippen LogP contribution in [0.15, 0.2) is 72.8 Å². The largest absolute Gasteiger partial charge is 0.377 e. The van der Waals surface area contributed by atoms with Crippen molar-refractivity contribution < 1.29 is 0 Å². The Hall–Kier alpha value is -2.32. The molecule has 20 heavy (non-hydrogen) atoms. The Morgan fingerprint density at radius 3 is 2.25 bits per heavy atom. The number of nitrogens with one attached hydrogen (secondary N) is 1. The normalized spacial score (nSPS) is 12.2. The number of hydrogen-bond acceptors (Lipinski definition) is 2. The SMILES string of the molecule is NCC(Nc1ccccc1)c1ccc2ccccc2c1. The molecule has 3 aromatic carbocycles. The van der Waals surface area contributed by atoms with E-state index in [1.807, 2.05) is 18.2 Å². The number of anilines is 1. The molecular formula is C18H18N2. The maximum absolute atomic E-state index is 5.93. The van der Waals surface area contributed by atoms with E-state index in [2.05, 4.69) is 59.9 Å².